The highest BCUT2D eigenvalue weighted by Gasteiger charge is 2.46. The maximum Gasteiger partial charge on any atom is 0.115 e. The van der Waals surface area contributed by atoms with Crippen molar-refractivity contribution < 1.29 is 20.4 Å². The van der Waals surface area contributed by atoms with Gasteiger partial charge in [0.1, 0.15) is 23.0 Å². The molecule has 0 aliphatic heterocycles. The second-order valence-corrected chi connectivity index (χ2v) is 15.7. The standard InChI is InChI=1S/C43H52O4/c1-41(2,35-19-23-42(24-20-35,27-31-3-11-37(44)12-4-31)28-32-5-13-38(45)14-6-32)36-21-25-43(26-22-36,29-33-7-15-39(46)16-8-33)30-34-9-17-40(47)18-10-34/h3-18,35-36,44-47H,19-30H2,1-2H3. The SMILES string of the molecule is CC(C)(C1CCC(Cc2ccc(O)cc2)(Cc2ccc(O)cc2)CC1)C1CCC(Cc2ccc(O)cc2)(Cc2ccc(O)cc2)CC1. The van der Waals surface area contributed by atoms with E-state index in [0.29, 0.717) is 34.8 Å². The third-order valence-electron chi connectivity index (χ3n) is 12.3. The van der Waals surface area contributed by atoms with Crippen molar-refractivity contribution in [1.29, 1.82) is 0 Å². The van der Waals surface area contributed by atoms with Crippen LogP contribution in [0.15, 0.2) is 97.1 Å². The van der Waals surface area contributed by atoms with Crippen LogP contribution >= 0.6 is 0 Å². The molecule has 0 saturated heterocycles. The number of phenols is 4. The highest BCUT2D eigenvalue weighted by Crippen LogP contribution is 2.56. The zero-order valence-corrected chi connectivity index (χ0v) is 28.2. The van der Waals surface area contributed by atoms with Gasteiger partial charge in [0.15, 0.2) is 0 Å². The van der Waals surface area contributed by atoms with Crippen LogP contribution in [0, 0.1) is 28.1 Å². The minimum Gasteiger partial charge on any atom is -0.508 e. The van der Waals surface area contributed by atoms with Crippen molar-refractivity contribution in [2.24, 2.45) is 28.1 Å². The van der Waals surface area contributed by atoms with Crippen LogP contribution in [0.3, 0.4) is 0 Å². The fraction of sp³-hybridized carbons (Fsp3) is 0.442. The number of phenolic OH excluding ortho intramolecular Hbond substituents is 4. The van der Waals surface area contributed by atoms with Gasteiger partial charge in [0.25, 0.3) is 0 Å². The summed E-state index contributed by atoms with van der Waals surface area (Å²) >= 11 is 0. The predicted octanol–water partition coefficient (Wildman–Crippen LogP) is 10.2. The van der Waals surface area contributed by atoms with E-state index in [1.165, 1.54) is 73.6 Å². The number of hydrogen-bond donors (Lipinski definition) is 4. The van der Waals surface area contributed by atoms with Crippen molar-refractivity contribution in [1.82, 2.24) is 0 Å². The van der Waals surface area contributed by atoms with E-state index in [1.807, 2.05) is 48.5 Å². The first-order chi connectivity index (χ1) is 22.5. The van der Waals surface area contributed by atoms with E-state index in [9.17, 15) is 20.4 Å². The van der Waals surface area contributed by atoms with E-state index in [-0.39, 0.29) is 16.2 Å². The Morgan fingerprint density at radius 1 is 0.426 bits per heavy atom. The van der Waals surface area contributed by atoms with Crippen LogP contribution in [0.5, 0.6) is 23.0 Å². The Morgan fingerprint density at radius 3 is 0.851 bits per heavy atom. The lowest BCUT2D eigenvalue weighted by Gasteiger charge is -2.51. The number of aromatic hydroxyl groups is 4. The van der Waals surface area contributed by atoms with Crippen LogP contribution in [0.2, 0.25) is 0 Å². The van der Waals surface area contributed by atoms with Gasteiger partial charge < -0.3 is 20.4 Å². The first kappa shape index (κ1) is 33.0. The molecule has 0 atom stereocenters. The van der Waals surface area contributed by atoms with Gasteiger partial charge in [-0.3, -0.25) is 0 Å². The number of hydrogen-bond acceptors (Lipinski definition) is 4. The summed E-state index contributed by atoms with van der Waals surface area (Å²) in [7, 11) is 0. The fourth-order valence-electron chi connectivity index (χ4n) is 9.30. The normalized spacial score (nSPS) is 18.6. The topological polar surface area (TPSA) is 80.9 Å². The molecule has 0 heterocycles. The molecule has 4 N–H and O–H groups in total. The summed E-state index contributed by atoms with van der Waals surface area (Å²) in [6.45, 7) is 5.09. The summed E-state index contributed by atoms with van der Waals surface area (Å²) in [6, 6.07) is 31.1. The Labute approximate surface area is 281 Å². The van der Waals surface area contributed by atoms with Crippen LogP contribution in [0.1, 0.15) is 87.5 Å². The Balaban J connectivity index is 1.15. The van der Waals surface area contributed by atoms with E-state index in [4.69, 9.17) is 0 Å². The van der Waals surface area contributed by atoms with Gasteiger partial charge in [-0.25, -0.2) is 0 Å². The van der Waals surface area contributed by atoms with Crippen LogP contribution in [-0.2, 0) is 25.7 Å². The zero-order valence-electron chi connectivity index (χ0n) is 28.2. The smallest absolute Gasteiger partial charge is 0.115 e. The molecule has 2 aliphatic carbocycles. The van der Waals surface area contributed by atoms with Crippen LogP contribution in [-0.4, -0.2) is 20.4 Å². The maximum atomic E-state index is 9.89. The van der Waals surface area contributed by atoms with Crippen molar-refractivity contribution >= 4 is 0 Å². The van der Waals surface area contributed by atoms with Gasteiger partial charge in [-0.15, -0.1) is 0 Å². The van der Waals surface area contributed by atoms with E-state index in [2.05, 4.69) is 62.4 Å². The molecule has 4 aromatic rings. The van der Waals surface area contributed by atoms with Gasteiger partial charge in [0.05, 0.1) is 0 Å². The summed E-state index contributed by atoms with van der Waals surface area (Å²) < 4.78 is 0. The summed E-state index contributed by atoms with van der Waals surface area (Å²) in [4.78, 5) is 0. The molecule has 248 valence electrons. The molecule has 0 unspecified atom stereocenters. The third kappa shape index (κ3) is 7.97. The van der Waals surface area contributed by atoms with Gasteiger partial charge in [-0.2, -0.15) is 0 Å². The van der Waals surface area contributed by atoms with Gasteiger partial charge in [-0.1, -0.05) is 62.4 Å². The highest BCUT2D eigenvalue weighted by atomic mass is 16.3. The molecule has 0 radical (unpaired) electrons. The lowest BCUT2D eigenvalue weighted by Crippen LogP contribution is -2.42. The minimum atomic E-state index is 0.163. The predicted molar refractivity (Wildman–Crippen MR) is 190 cm³/mol. The van der Waals surface area contributed by atoms with Crippen molar-refractivity contribution in [2.45, 2.75) is 90.9 Å². The van der Waals surface area contributed by atoms with Crippen molar-refractivity contribution in [3.05, 3.63) is 119 Å². The molecular weight excluding hydrogens is 580 g/mol. The average Bonchev–Trinajstić information content (AvgIpc) is 3.06. The van der Waals surface area contributed by atoms with E-state index < -0.39 is 0 Å². The largest absolute Gasteiger partial charge is 0.508 e. The monoisotopic (exact) mass is 632 g/mol. The summed E-state index contributed by atoms with van der Waals surface area (Å²) in [6.07, 6.45) is 13.6. The second kappa shape index (κ2) is 13.7. The first-order valence-corrected chi connectivity index (χ1v) is 17.6. The Hall–Kier alpha value is -3.92. The van der Waals surface area contributed by atoms with Crippen LogP contribution < -0.4 is 0 Å². The lowest BCUT2D eigenvalue weighted by molar-refractivity contribution is 0.00146. The van der Waals surface area contributed by atoms with E-state index >= 15 is 0 Å². The molecule has 0 spiro atoms. The Morgan fingerprint density at radius 2 is 0.638 bits per heavy atom. The molecule has 6 rings (SSSR count). The van der Waals surface area contributed by atoms with Crippen LogP contribution in [0.25, 0.3) is 0 Å². The van der Waals surface area contributed by atoms with Crippen molar-refractivity contribution in [3.63, 3.8) is 0 Å². The van der Waals surface area contributed by atoms with Crippen molar-refractivity contribution in [2.75, 3.05) is 0 Å². The molecule has 0 aromatic heterocycles. The maximum absolute atomic E-state index is 9.89. The minimum absolute atomic E-state index is 0.163. The summed E-state index contributed by atoms with van der Waals surface area (Å²) in [5, 5.41) is 39.6. The fourth-order valence-corrected chi connectivity index (χ4v) is 9.30. The lowest BCUT2D eigenvalue weighted by atomic mass is 9.54. The zero-order chi connectivity index (χ0) is 33.1. The quantitative estimate of drug-likeness (QED) is 0.140. The van der Waals surface area contributed by atoms with Gasteiger partial charge >= 0.3 is 0 Å². The van der Waals surface area contributed by atoms with Gasteiger partial charge in [0, 0.05) is 0 Å². The first-order valence-electron chi connectivity index (χ1n) is 17.6. The molecule has 2 aliphatic rings. The van der Waals surface area contributed by atoms with Crippen molar-refractivity contribution in [3.8, 4) is 23.0 Å². The highest BCUT2D eigenvalue weighted by molar-refractivity contribution is 5.31. The molecule has 0 bridgehead atoms. The number of rotatable bonds is 10. The van der Waals surface area contributed by atoms with E-state index in [1.54, 1.807) is 0 Å². The molecule has 4 nitrogen and oxygen atoms in total. The number of benzene rings is 4. The molecular formula is C43H52O4. The summed E-state index contributed by atoms with van der Waals surface area (Å²) in [5.41, 5.74) is 5.71. The van der Waals surface area contributed by atoms with Gasteiger partial charge in [0.2, 0.25) is 0 Å². The Bertz CT molecular complexity index is 1350. The molecule has 0 amide bonds. The molecule has 4 aromatic carbocycles. The van der Waals surface area contributed by atoms with Gasteiger partial charge in [-0.05, 0) is 176 Å². The Kier molecular flexibility index (Phi) is 9.60. The van der Waals surface area contributed by atoms with Crippen LogP contribution in [0.4, 0.5) is 0 Å². The molecule has 47 heavy (non-hydrogen) atoms. The average molecular weight is 633 g/mol. The molecule has 2 fully saturated rings. The van der Waals surface area contributed by atoms with E-state index in [0.717, 1.165) is 25.7 Å². The molecule has 2 saturated carbocycles. The summed E-state index contributed by atoms with van der Waals surface area (Å²) in [5.74, 6) is 2.62. The third-order valence-corrected chi connectivity index (χ3v) is 12.3. The molecule has 4 heteroatoms. The second-order valence-electron chi connectivity index (χ2n) is 15.7.